The predicted octanol–water partition coefficient (Wildman–Crippen LogP) is 2.70. The number of nitrogens with one attached hydrogen (secondary N) is 1. The van der Waals surface area contributed by atoms with Gasteiger partial charge in [0.2, 0.25) is 5.91 Å². The molecule has 1 amide bonds. The van der Waals surface area contributed by atoms with Gasteiger partial charge in [0.15, 0.2) is 0 Å². The molecule has 3 atom stereocenters. The summed E-state index contributed by atoms with van der Waals surface area (Å²) in [5, 5.41) is 13.0. The van der Waals surface area contributed by atoms with Gasteiger partial charge in [0.1, 0.15) is 5.82 Å². The molecule has 0 radical (unpaired) electrons. The Morgan fingerprint density at radius 2 is 1.91 bits per heavy atom. The number of carbonyl (C=O) groups is 1. The van der Waals surface area contributed by atoms with Gasteiger partial charge in [-0.3, -0.25) is 4.79 Å². The SMILES string of the molecule is CC(C(=O)NC1c2ccccc2CC1O)c1ccccc1F. The molecule has 0 bridgehead atoms. The minimum atomic E-state index is -0.644. The number of hydrogen-bond acceptors (Lipinski definition) is 2. The third kappa shape index (κ3) is 2.62. The molecule has 0 fully saturated rings. The van der Waals surface area contributed by atoms with Crippen LogP contribution in [0.1, 0.15) is 35.6 Å². The van der Waals surface area contributed by atoms with Gasteiger partial charge in [-0.2, -0.15) is 0 Å². The molecule has 0 heterocycles. The van der Waals surface area contributed by atoms with E-state index in [2.05, 4.69) is 5.32 Å². The van der Waals surface area contributed by atoms with E-state index in [1.54, 1.807) is 25.1 Å². The van der Waals surface area contributed by atoms with E-state index in [-0.39, 0.29) is 5.91 Å². The molecule has 22 heavy (non-hydrogen) atoms. The van der Waals surface area contributed by atoms with Crippen molar-refractivity contribution in [3.63, 3.8) is 0 Å². The lowest BCUT2D eigenvalue weighted by Crippen LogP contribution is -2.36. The van der Waals surface area contributed by atoms with Gasteiger partial charge in [0.25, 0.3) is 0 Å². The van der Waals surface area contributed by atoms with Gasteiger partial charge in [-0.1, -0.05) is 42.5 Å². The highest BCUT2D eigenvalue weighted by Crippen LogP contribution is 2.32. The van der Waals surface area contributed by atoms with E-state index in [9.17, 15) is 14.3 Å². The molecule has 2 N–H and O–H groups in total. The summed E-state index contributed by atoms with van der Waals surface area (Å²) in [4.78, 5) is 12.4. The van der Waals surface area contributed by atoms with E-state index in [0.29, 0.717) is 12.0 Å². The van der Waals surface area contributed by atoms with E-state index in [4.69, 9.17) is 0 Å². The molecule has 3 nitrogen and oxygen atoms in total. The van der Waals surface area contributed by atoms with Gasteiger partial charge in [-0.25, -0.2) is 4.39 Å². The molecule has 2 aromatic carbocycles. The molecule has 3 unspecified atom stereocenters. The number of rotatable bonds is 3. The van der Waals surface area contributed by atoms with Crippen molar-refractivity contribution < 1.29 is 14.3 Å². The summed E-state index contributed by atoms with van der Waals surface area (Å²) in [5.74, 6) is -1.29. The first-order valence-corrected chi connectivity index (χ1v) is 7.38. The molecular weight excluding hydrogens is 281 g/mol. The van der Waals surface area contributed by atoms with Gasteiger partial charge < -0.3 is 10.4 Å². The Kier molecular flexibility index (Phi) is 3.94. The lowest BCUT2D eigenvalue weighted by molar-refractivity contribution is -0.123. The third-order valence-corrected chi connectivity index (χ3v) is 4.27. The van der Waals surface area contributed by atoms with Crippen LogP contribution < -0.4 is 5.32 Å². The van der Waals surface area contributed by atoms with E-state index in [1.807, 2.05) is 24.3 Å². The maximum atomic E-state index is 13.8. The van der Waals surface area contributed by atoms with Gasteiger partial charge in [-0.15, -0.1) is 0 Å². The number of aliphatic hydroxyl groups excluding tert-OH is 1. The van der Waals surface area contributed by atoms with Crippen LogP contribution in [-0.2, 0) is 11.2 Å². The molecule has 2 aromatic rings. The Hall–Kier alpha value is -2.20. The Labute approximate surface area is 128 Å². The van der Waals surface area contributed by atoms with Crippen LogP contribution in [0.25, 0.3) is 0 Å². The van der Waals surface area contributed by atoms with Crippen molar-refractivity contribution in [2.75, 3.05) is 0 Å². The predicted molar refractivity (Wildman–Crippen MR) is 81.9 cm³/mol. The van der Waals surface area contributed by atoms with Crippen LogP contribution in [0.2, 0.25) is 0 Å². The van der Waals surface area contributed by atoms with Crippen molar-refractivity contribution >= 4 is 5.91 Å². The fourth-order valence-electron chi connectivity index (χ4n) is 2.99. The van der Waals surface area contributed by atoms with Crippen molar-refractivity contribution in [1.82, 2.24) is 5.32 Å². The summed E-state index contributed by atoms with van der Waals surface area (Å²) in [6.07, 6.45) is -0.121. The minimum Gasteiger partial charge on any atom is -0.390 e. The number of carbonyl (C=O) groups excluding carboxylic acids is 1. The number of benzene rings is 2. The average Bonchev–Trinajstić information content (AvgIpc) is 2.83. The molecule has 0 saturated carbocycles. The second-order valence-electron chi connectivity index (χ2n) is 5.70. The van der Waals surface area contributed by atoms with Gasteiger partial charge in [-0.05, 0) is 29.7 Å². The Morgan fingerprint density at radius 1 is 1.23 bits per heavy atom. The number of fused-ring (bicyclic) bond motifs is 1. The lowest BCUT2D eigenvalue weighted by Gasteiger charge is -2.21. The largest absolute Gasteiger partial charge is 0.390 e. The summed E-state index contributed by atoms with van der Waals surface area (Å²) in [7, 11) is 0. The molecule has 1 aliphatic carbocycles. The monoisotopic (exact) mass is 299 g/mol. The van der Waals surface area contributed by atoms with Crippen molar-refractivity contribution in [2.24, 2.45) is 0 Å². The maximum absolute atomic E-state index is 13.8. The van der Waals surface area contributed by atoms with Crippen LogP contribution in [0, 0.1) is 5.82 Å². The second kappa shape index (κ2) is 5.89. The number of hydrogen-bond donors (Lipinski definition) is 2. The quantitative estimate of drug-likeness (QED) is 0.915. The zero-order valence-electron chi connectivity index (χ0n) is 12.3. The second-order valence-corrected chi connectivity index (χ2v) is 5.70. The van der Waals surface area contributed by atoms with Crippen molar-refractivity contribution in [3.8, 4) is 0 Å². The minimum absolute atomic E-state index is 0.286. The van der Waals surface area contributed by atoms with Crippen LogP contribution in [0.5, 0.6) is 0 Å². The van der Waals surface area contributed by atoms with Crippen LogP contribution in [0.3, 0.4) is 0 Å². The molecule has 0 spiro atoms. The maximum Gasteiger partial charge on any atom is 0.227 e. The van der Waals surface area contributed by atoms with Gasteiger partial charge in [0, 0.05) is 6.42 Å². The fraction of sp³-hybridized carbons (Fsp3) is 0.278. The summed E-state index contributed by atoms with van der Waals surface area (Å²) in [5.41, 5.74) is 2.34. The molecular formula is C18H18FNO2. The van der Waals surface area contributed by atoms with Crippen molar-refractivity contribution in [2.45, 2.75) is 31.4 Å². The van der Waals surface area contributed by atoms with E-state index in [1.165, 1.54) is 6.07 Å². The molecule has 0 aromatic heterocycles. The average molecular weight is 299 g/mol. The number of amides is 1. The molecule has 4 heteroatoms. The first kappa shape index (κ1) is 14.7. The smallest absolute Gasteiger partial charge is 0.227 e. The van der Waals surface area contributed by atoms with E-state index in [0.717, 1.165) is 11.1 Å². The summed E-state index contributed by atoms with van der Waals surface area (Å²) in [6, 6.07) is 13.5. The first-order chi connectivity index (χ1) is 10.6. The Morgan fingerprint density at radius 3 is 2.68 bits per heavy atom. The molecule has 114 valence electrons. The highest BCUT2D eigenvalue weighted by Gasteiger charge is 2.33. The highest BCUT2D eigenvalue weighted by molar-refractivity contribution is 5.83. The standard InChI is InChI=1S/C18H18FNO2/c1-11(13-7-4-5-9-15(13)19)18(22)20-17-14-8-3-2-6-12(14)10-16(17)21/h2-9,11,16-17,21H,10H2,1H3,(H,20,22). The molecule has 0 saturated heterocycles. The molecule has 0 aliphatic heterocycles. The summed E-state index contributed by atoms with van der Waals surface area (Å²) in [6.45, 7) is 1.67. The Balaban J connectivity index is 1.79. The number of halogens is 1. The third-order valence-electron chi connectivity index (χ3n) is 4.27. The molecule has 3 rings (SSSR count). The zero-order valence-corrected chi connectivity index (χ0v) is 12.3. The fourth-order valence-corrected chi connectivity index (χ4v) is 2.99. The summed E-state index contributed by atoms with van der Waals surface area (Å²) >= 11 is 0. The normalized spacial score (nSPS) is 21.2. The summed E-state index contributed by atoms with van der Waals surface area (Å²) < 4.78 is 13.8. The number of aliphatic hydroxyl groups is 1. The van der Waals surface area contributed by atoms with E-state index < -0.39 is 23.9 Å². The van der Waals surface area contributed by atoms with Gasteiger partial charge >= 0.3 is 0 Å². The van der Waals surface area contributed by atoms with Crippen LogP contribution >= 0.6 is 0 Å². The van der Waals surface area contributed by atoms with Gasteiger partial charge in [0.05, 0.1) is 18.1 Å². The van der Waals surface area contributed by atoms with Crippen LogP contribution in [0.15, 0.2) is 48.5 Å². The van der Waals surface area contributed by atoms with E-state index >= 15 is 0 Å². The van der Waals surface area contributed by atoms with Crippen LogP contribution in [0.4, 0.5) is 4.39 Å². The zero-order chi connectivity index (χ0) is 15.7. The first-order valence-electron chi connectivity index (χ1n) is 7.38. The highest BCUT2D eigenvalue weighted by atomic mass is 19.1. The topological polar surface area (TPSA) is 49.3 Å². The van der Waals surface area contributed by atoms with Crippen molar-refractivity contribution in [1.29, 1.82) is 0 Å². The lowest BCUT2D eigenvalue weighted by atomic mass is 9.98. The van der Waals surface area contributed by atoms with Crippen molar-refractivity contribution in [3.05, 3.63) is 71.0 Å². The Bertz CT molecular complexity index is 701. The van der Waals surface area contributed by atoms with Crippen LogP contribution in [-0.4, -0.2) is 17.1 Å². The molecule has 1 aliphatic rings.